The first-order chi connectivity index (χ1) is 13.5. The average Bonchev–Trinajstić information content (AvgIpc) is 2.68. The van der Waals surface area contributed by atoms with Crippen LogP contribution in [0.5, 0.6) is 0 Å². The number of anilines is 1. The number of nitrogens with one attached hydrogen (secondary N) is 1. The highest BCUT2D eigenvalue weighted by Gasteiger charge is 2.17. The third kappa shape index (κ3) is 5.90. The molecule has 3 N–H and O–H groups in total. The molecule has 0 spiro atoms. The summed E-state index contributed by atoms with van der Waals surface area (Å²) in [5.74, 6) is -0.492. The molecule has 148 valence electrons. The molecule has 1 aliphatic heterocycles. The van der Waals surface area contributed by atoms with Gasteiger partial charge in [0.15, 0.2) is 0 Å². The van der Waals surface area contributed by atoms with E-state index in [9.17, 15) is 9.59 Å². The van der Waals surface area contributed by atoms with Crippen LogP contribution in [0.1, 0.15) is 27.9 Å². The quantitative estimate of drug-likeness (QED) is 0.772. The minimum absolute atomic E-state index is 0.0194. The van der Waals surface area contributed by atoms with Crippen LogP contribution in [0.2, 0.25) is 0 Å². The molecule has 6 nitrogen and oxygen atoms in total. The zero-order chi connectivity index (χ0) is 19.9. The smallest absolute Gasteiger partial charge is 0.248 e. The lowest BCUT2D eigenvalue weighted by molar-refractivity contribution is -0.116. The first kappa shape index (κ1) is 20.0. The van der Waals surface area contributed by atoms with Crippen molar-refractivity contribution in [3.8, 4) is 0 Å². The van der Waals surface area contributed by atoms with Crippen LogP contribution in [0.3, 0.4) is 0 Å². The fraction of sp³-hybridized carbons (Fsp3) is 0.364. The average molecular weight is 380 g/mol. The Morgan fingerprint density at radius 3 is 2.32 bits per heavy atom. The molecule has 2 aromatic carbocycles. The number of primary amides is 1. The molecular formula is C22H28N4O2. The molecule has 0 saturated carbocycles. The number of amides is 2. The standard InChI is InChI=1S/C22H28N4O2/c1-17-3-2-4-18(15-17)16-26-13-11-25(12-14-26)10-9-21(27)24-20-7-5-19(6-8-20)22(23)28/h2-8,15H,9-14,16H2,1H3,(H2,23,28)(H,24,27). The minimum atomic E-state index is -0.473. The van der Waals surface area contributed by atoms with E-state index in [0.29, 0.717) is 17.7 Å². The largest absolute Gasteiger partial charge is 0.366 e. The van der Waals surface area contributed by atoms with Gasteiger partial charge in [0.2, 0.25) is 11.8 Å². The number of nitrogens with two attached hydrogens (primary N) is 1. The Bertz CT molecular complexity index is 812. The number of hydrogen-bond acceptors (Lipinski definition) is 4. The molecule has 0 atom stereocenters. The van der Waals surface area contributed by atoms with E-state index in [2.05, 4.69) is 46.3 Å². The first-order valence-electron chi connectivity index (χ1n) is 9.69. The van der Waals surface area contributed by atoms with Crippen LogP contribution < -0.4 is 11.1 Å². The zero-order valence-corrected chi connectivity index (χ0v) is 16.4. The molecule has 2 aromatic rings. The molecule has 0 radical (unpaired) electrons. The van der Waals surface area contributed by atoms with Gasteiger partial charge in [0.1, 0.15) is 0 Å². The summed E-state index contributed by atoms with van der Waals surface area (Å²) in [6, 6.07) is 15.3. The molecule has 1 saturated heterocycles. The maximum atomic E-state index is 12.2. The minimum Gasteiger partial charge on any atom is -0.366 e. The van der Waals surface area contributed by atoms with Crippen molar-refractivity contribution in [1.82, 2.24) is 9.80 Å². The lowest BCUT2D eigenvalue weighted by Crippen LogP contribution is -2.46. The highest BCUT2D eigenvalue weighted by molar-refractivity contribution is 5.94. The number of benzene rings is 2. The van der Waals surface area contributed by atoms with Crippen molar-refractivity contribution in [2.45, 2.75) is 19.9 Å². The van der Waals surface area contributed by atoms with Crippen LogP contribution in [-0.4, -0.2) is 54.3 Å². The number of aryl methyl sites for hydroxylation is 1. The second kappa shape index (κ2) is 9.48. The highest BCUT2D eigenvalue weighted by Crippen LogP contribution is 2.12. The molecule has 2 amide bonds. The number of piperazine rings is 1. The summed E-state index contributed by atoms with van der Waals surface area (Å²) in [7, 11) is 0. The van der Waals surface area contributed by atoms with Crippen molar-refractivity contribution in [2.24, 2.45) is 5.73 Å². The second-order valence-corrected chi connectivity index (χ2v) is 7.35. The Hall–Kier alpha value is -2.70. The van der Waals surface area contributed by atoms with E-state index < -0.39 is 5.91 Å². The van der Waals surface area contributed by atoms with Crippen molar-refractivity contribution < 1.29 is 9.59 Å². The van der Waals surface area contributed by atoms with Crippen molar-refractivity contribution in [1.29, 1.82) is 0 Å². The van der Waals surface area contributed by atoms with Crippen molar-refractivity contribution >= 4 is 17.5 Å². The van der Waals surface area contributed by atoms with Gasteiger partial charge in [-0.05, 0) is 36.8 Å². The molecule has 1 aliphatic rings. The van der Waals surface area contributed by atoms with Gasteiger partial charge in [0.25, 0.3) is 0 Å². The highest BCUT2D eigenvalue weighted by atomic mass is 16.2. The Kier molecular flexibility index (Phi) is 6.79. The van der Waals surface area contributed by atoms with Gasteiger partial charge >= 0.3 is 0 Å². The van der Waals surface area contributed by atoms with E-state index in [1.165, 1.54) is 11.1 Å². The number of carbonyl (C=O) groups excluding carboxylic acids is 2. The van der Waals surface area contributed by atoms with E-state index in [1.807, 2.05) is 0 Å². The normalized spacial score (nSPS) is 15.3. The number of nitrogens with zero attached hydrogens (tertiary/aromatic N) is 2. The molecule has 28 heavy (non-hydrogen) atoms. The molecule has 1 heterocycles. The molecule has 1 fully saturated rings. The molecule has 0 bridgehead atoms. The third-order valence-corrected chi connectivity index (χ3v) is 5.06. The van der Waals surface area contributed by atoms with Crippen LogP contribution in [0.15, 0.2) is 48.5 Å². The number of hydrogen-bond donors (Lipinski definition) is 2. The van der Waals surface area contributed by atoms with Crippen molar-refractivity contribution in [3.63, 3.8) is 0 Å². The van der Waals surface area contributed by atoms with Gasteiger partial charge in [-0.1, -0.05) is 29.8 Å². The van der Waals surface area contributed by atoms with Gasteiger partial charge in [0.05, 0.1) is 0 Å². The molecule has 0 aromatic heterocycles. The number of rotatable bonds is 7. The Morgan fingerprint density at radius 2 is 1.68 bits per heavy atom. The summed E-state index contributed by atoms with van der Waals surface area (Å²) in [6.45, 7) is 7.85. The Labute approximate surface area is 166 Å². The third-order valence-electron chi connectivity index (χ3n) is 5.06. The van der Waals surface area contributed by atoms with Gasteiger partial charge in [-0.15, -0.1) is 0 Å². The summed E-state index contributed by atoms with van der Waals surface area (Å²) >= 11 is 0. The van der Waals surface area contributed by atoms with Crippen molar-refractivity contribution in [2.75, 3.05) is 38.0 Å². The topological polar surface area (TPSA) is 78.7 Å². The van der Waals surface area contributed by atoms with Gasteiger partial charge < -0.3 is 16.0 Å². The monoisotopic (exact) mass is 380 g/mol. The van der Waals surface area contributed by atoms with Crippen LogP contribution in [0.25, 0.3) is 0 Å². The van der Waals surface area contributed by atoms with E-state index in [1.54, 1.807) is 24.3 Å². The molecule has 3 rings (SSSR count). The Balaban J connectivity index is 1.37. The molecule has 0 unspecified atom stereocenters. The van der Waals surface area contributed by atoms with Crippen LogP contribution in [0, 0.1) is 6.92 Å². The second-order valence-electron chi connectivity index (χ2n) is 7.35. The van der Waals surface area contributed by atoms with Crippen LogP contribution in [-0.2, 0) is 11.3 Å². The summed E-state index contributed by atoms with van der Waals surface area (Å²) in [5, 5.41) is 2.87. The van der Waals surface area contributed by atoms with Crippen LogP contribution in [0.4, 0.5) is 5.69 Å². The maximum Gasteiger partial charge on any atom is 0.248 e. The van der Waals surface area contributed by atoms with Crippen LogP contribution >= 0.6 is 0 Å². The predicted octanol–water partition coefficient (Wildman–Crippen LogP) is 2.24. The lowest BCUT2D eigenvalue weighted by atomic mass is 10.1. The van der Waals surface area contributed by atoms with E-state index in [0.717, 1.165) is 39.3 Å². The van der Waals surface area contributed by atoms with E-state index in [4.69, 9.17) is 5.73 Å². The Morgan fingerprint density at radius 1 is 1.00 bits per heavy atom. The fourth-order valence-electron chi connectivity index (χ4n) is 3.44. The van der Waals surface area contributed by atoms with Gasteiger partial charge in [-0.25, -0.2) is 0 Å². The van der Waals surface area contributed by atoms with E-state index in [-0.39, 0.29) is 5.91 Å². The summed E-state index contributed by atoms with van der Waals surface area (Å²) in [4.78, 5) is 28.0. The van der Waals surface area contributed by atoms with Gasteiger partial charge in [0, 0.05) is 56.9 Å². The number of carbonyl (C=O) groups is 2. The molecular weight excluding hydrogens is 352 g/mol. The van der Waals surface area contributed by atoms with Crippen molar-refractivity contribution in [3.05, 3.63) is 65.2 Å². The van der Waals surface area contributed by atoms with Gasteiger partial charge in [-0.2, -0.15) is 0 Å². The maximum absolute atomic E-state index is 12.2. The first-order valence-corrected chi connectivity index (χ1v) is 9.69. The molecule has 6 heteroatoms. The summed E-state index contributed by atoms with van der Waals surface area (Å²) in [6.07, 6.45) is 0.454. The van der Waals surface area contributed by atoms with Gasteiger partial charge in [-0.3, -0.25) is 14.5 Å². The fourth-order valence-corrected chi connectivity index (χ4v) is 3.44. The zero-order valence-electron chi connectivity index (χ0n) is 16.4. The summed E-state index contributed by atoms with van der Waals surface area (Å²) in [5.41, 5.74) is 8.98. The van der Waals surface area contributed by atoms with E-state index >= 15 is 0 Å². The predicted molar refractivity (Wildman–Crippen MR) is 111 cm³/mol. The lowest BCUT2D eigenvalue weighted by Gasteiger charge is -2.34. The molecule has 0 aliphatic carbocycles. The summed E-state index contributed by atoms with van der Waals surface area (Å²) < 4.78 is 0. The SMILES string of the molecule is Cc1cccc(CN2CCN(CCC(=O)Nc3ccc(C(N)=O)cc3)CC2)c1.